The SMILES string of the molecule is C=C(C)/C=C1/C=CC=CC1=N.CC.CC. The van der Waals surface area contributed by atoms with Gasteiger partial charge in [-0.25, -0.2) is 0 Å². The zero-order valence-electron chi connectivity index (χ0n) is 10.6. The Labute approximate surface area is 94.4 Å². The average molecular weight is 205 g/mol. The van der Waals surface area contributed by atoms with E-state index in [9.17, 15) is 0 Å². The molecule has 0 heterocycles. The van der Waals surface area contributed by atoms with E-state index >= 15 is 0 Å². The molecule has 1 nitrogen and oxygen atoms in total. The lowest BCUT2D eigenvalue weighted by atomic mass is 10.0. The molecule has 0 aliphatic heterocycles. The number of hydrogen-bond donors (Lipinski definition) is 1. The summed E-state index contributed by atoms with van der Waals surface area (Å²) in [6.45, 7) is 13.7. The summed E-state index contributed by atoms with van der Waals surface area (Å²) >= 11 is 0. The van der Waals surface area contributed by atoms with Crippen molar-refractivity contribution in [3.63, 3.8) is 0 Å². The van der Waals surface area contributed by atoms with Gasteiger partial charge in [-0.1, -0.05) is 64.2 Å². The zero-order chi connectivity index (χ0) is 12.3. The highest BCUT2D eigenvalue weighted by Gasteiger charge is 1.99. The topological polar surface area (TPSA) is 23.9 Å². The smallest absolute Gasteiger partial charge is 0.0612 e. The van der Waals surface area contributed by atoms with Crippen LogP contribution in [0.25, 0.3) is 0 Å². The van der Waals surface area contributed by atoms with Crippen molar-refractivity contribution < 1.29 is 0 Å². The van der Waals surface area contributed by atoms with Crippen LogP contribution in [0.5, 0.6) is 0 Å². The van der Waals surface area contributed by atoms with E-state index in [-0.39, 0.29) is 0 Å². The first-order valence-corrected chi connectivity index (χ1v) is 5.51. The van der Waals surface area contributed by atoms with E-state index in [1.165, 1.54) is 0 Å². The fraction of sp³-hybridized carbons (Fsp3) is 0.357. The van der Waals surface area contributed by atoms with Crippen LogP contribution in [0.2, 0.25) is 0 Å². The Morgan fingerprint density at radius 1 is 1.13 bits per heavy atom. The molecule has 0 atom stereocenters. The molecular weight excluding hydrogens is 182 g/mol. The van der Waals surface area contributed by atoms with Crippen LogP contribution in [0.4, 0.5) is 0 Å². The van der Waals surface area contributed by atoms with Gasteiger partial charge in [-0.05, 0) is 18.6 Å². The van der Waals surface area contributed by atoms with Gasteiger partial charge < -0.3 is 5.41 Å². The maximum atomic E-state index is 7.49. The minimum Gasteiger partial charge on any atom is -0.300 e. The molecule has 1 heteroatoms. The summed E-state index contributed by atoms with van der Waals surface area (Å²) in [5, 5.41) is 7.49. The van der Waals surface area contributed by atoms with Gasteiger partial charge in [0.2, 0.25) is 0 Å². The van der Waals surface area contributed by atoms with Crippen molar-refractivity contribution in [1.29, 1.82) is 5.41 Å². The van der Waals surface area contributed by atoms with Gasteiger partial charge in [0, 0.05) is 0 Å². The van der Waals surface area contributed by atoms with Gasteiger partial charge in [0.1, 0.15) is 0 Å². The van der Waals surface area contributed by atoms with Crippen LogP contribution in [-0.2, 0) is 0 Å². The monoisotopic (exact) mass is 205 g/mol. The maximum Gasteiger partial charge on any atom is 0.0612 e. The zero-order valence-corrected chi connectivity index (χ0v) is 10.6. The first kappa shape index (κ1) is 16.1. The molecule has 0 unspecified atom stereocenters. The molecule has 0 bridgehead atoms. The predicted octanol–water partition coefficient (Wildman–Crippen LogP) is 4.69. The standard InChI is InChI=1S/C10H11N.2C2H6/c1-8(2)7-9-5-3-4-6-10(9)11;2*1-2/h3-7,11H,1H2,2H3;2*1-2H3/b9-7-,11-10?;;. The lowest BCUT2D eigenvalue weighted by Gasteiger charge is -2.02. The highest BCUT2D eigenvalue weighted by molar-refractivity contribution is 6.09. The normalized spacial score (nSPS) is 15.0. The third-order valence-electron chi connectivity index (χ3n) is 1.36. The van der Waals surface area contributed by atoms with Crippen LogP contribution in [-0.4, -0.2) is 5.71 Å². The number of rotatable bonds is 1. The minimum atomic E-state index is 0.551. The molecule has 1 N–H and O–H groups in total. The predicted molar refractivity (Wildman–Crippen MR) is 71.6 cm³/mol. The molecule has 1 aliphatic rings. The van der Waals surface area contributed by atoms with E-state index in [0.717, 1.165) is 11.1 Å². The van der Waals surface area contributed by atoms with Crippen molar-refractivity contribution in [1.82, 2.24) is 0 Å². The summed E-state index contributed by atoms with van der Waals surface area (Å²) in [5.41, 5.74) is 2.46. The number of allylic oxidation sites excluding steroid dienone is 7. The Kier molecular flexibility index (Phi) is 11.5. The lowest BCUT2D eigenvalue weighted by Crippen LogP contribution is -1.97. The molecule has 0 aromatic heterocycles. The third-order valence-corrected chi connectivity index (χ3v) is 1.36. The molecule has 15 heavy (non-hydrogen) atoms. The van der Waals surface area contributed by atoms with E-state index in [1.54, 1.807) is 6.08 Å². The molecular formula is C14H23N. The van der Waals surface area contributed by atoms with Gasteiger partial charge in [-0.2, -0.15) is 0 Å². The minimum absolute atomic E-state index is 0.551. The highest BCUT2D eigenvalue weighted by atomic mass is 14.4. The molecule has 0 fully saturated rings. The summed E-state index contributed by atoms with van der Waals surface area (Å²) in [6, 6.07) is 0. The molecule has 0 spiro atoms. The van der Waals surface area contributed by atoms with Crippen molar-refractivity contribution in [2.45, 2.75) is 34.6 Å². The van der Waals surface area contributed by atoms with Gasteiger partial charge >= 0.3 is 0 Å². The molecule has 0 saturated carbocycles. The van der Waals surface area contributed by atoms with E-state index in [4.69, 9.17) is 5.41 Å². The van der Waals surface area contributed by atoms with Crippen LogP contribution in [0, 0.1) is 5.41 Å². The summed E-state index contributed by atoms with van der Waals surface area (Å²) in [4.78, 5) is 0. The van der Waals surface area contributed by atoms with Crippen LogP contribution in [0.1, 0.15) is 34.6 Å². The van der Waals surface area contributed by atoms with Gasteiger partial charge in [0.05, 0.1) is 5.71 Å². The Morgan fingerprint density at radius 2 is 1.60 bits per heavy atom. The van der Waals surface area contributed by atoms with Crippen molar-refractivity contribution in [3.8, 4) is 0 Å². The van der Waals surface area contributed by atoms with Crippen LogP contribution < -0.4 is 0 Å². The second-order valence-corrected chi connectivity index (χ2v) is 2.58. The van der Waals surface area contributed by atoms with Crippen molar-refractivity contribution in [3.05, 3.63) is 48.1 Å². The Hall–Kier alpha value is -1.37. The van der Waals surface area contributed by atoms with Crippen molar-refractivity contribution >= 4 is 5.71 Å². The summed E-state index contributed by atoms with van der Waals surface area (Å²) < 4.78 is 0. The van der Waals surface area contributed by atoms with Gasteiger partial charge in [0.15, 0.2) is 0 Å². The molecule has 1 rings (SSSR count). The van der Waals surface area contributed by atoms with Crippen molar-refractivity contribution in [2.75, 3.05) is 0 Å². The molecule has 84 valence electrons. The summed E-state index contributed by atoms with van der Waals surface area (Å²) in [7, 11) is 0. The fourth-order valence-corrected chi connectivity index (χ4v) is 0.888. The second-order valence-electron chi connectivity index (χ2n) is 2.58. The Balaban J connectivity index is 0. The Morgan fingerprint density at radius 3 is 2.00 bits per heavy atom. The number of hydrogen-bond acceptors (Lipinski definition) is 1. The molecule has 0 saturated heterocycles. The first-order valence-electron chi connectivity index (χ1n) is 5.51. The van der Waals surface area contributed by atoms with E-state index in [2.05, 4.69) is 6.58 Å². The number of nitrogens with one attached hydrogen (secondary N) is 1. The fourth-order valence-electron chi connectivity index (χ4n) is 0.888. The molecule has 1 aliphatic carbocycles. The summed E-state index contributed by atoms with van der Waals surface area (Å²) in [5.74, 6) is 0. The van der Waals surface area contributed by atoms with E-state index < -0.39 is 0 Å². The van der Waals surface area contributed by atoms with Crippen LogP contribution >= 0.6 is 0 Å². The third kappa shape index (κ3) is 7.68. The maximum absolute atomic E-state index is 7.49. The van der Waals surface area contributed by atoms with Gasteiger partial charge in [0.25, 0.3) is 0 Å². The second kappa shape index (κ2) is 10.7. The van der Waals surface area contributed by atoms with E-state index in [0.29, 0.717) is 5.71 Å². The molecule has 0 aromatic rings. The van der Waals surface area contributed by atoms with Gasteiger partial charge in [-0.3, -0.25) is 0 Å². The van der Waals surface area contributed by atoms with Crippen molar-refractivity contribution in [2.24, 2.45) is 0 Å². The first-order chi connectivity index (χ1) is 7.20. The van der Waals surface area contributed by atoms with Crippen LogP contribution in [0.15, 0.2) is 48.1 Å². The van der Waals surface area contributed by atoms with E-state index in [1.807, 2.05) is 58.9 Å². The lowest BCUT2D eigenvalue weighted by molar-refractivity contribution is 1.46. The molecule has 0 aromatic carbocycles. The van der Waals surface area contributed by atoms with Gasteiger partial charge in [-0.15, -0.1) is 0 Å². The Bertz CT molecular complexity index is 278. The summed E-state index contributed by atoms with van der Waals surface area (Å²) in [6.07, 6.45) is 9.37. The largest absolute Gasteiger partial charge is 0.300 e. The molecule has 0 radical (unpaired) electrons. The molecule has 0 amide bonds. The quantitative estimate of drug-likeness (QED) is 0.642. The highest BCUT2D eigenvalue weighted by Crippen LogP contribution is 2.08. The average Bonchev–Trinajstić information content (AvgIpc) is 2.27. The van der Waals surface area contributed by atoms with Crippen LogP contribution in [0.3, 0.4) is 0 Å².